The molecule has 3 N–H and O–H groups in total. The zero-order valence-corrected chi connectivity index (χ0v) is 15.5. The monoisotopic (exact) mass is 430 g/mol. The van der Waals surface area contributed by atoms with Gasteiger partial charge in [-0.25, -0.2) is 4.98 Å². The summed E-state index contributed by atoms with van der Waals surface area (Å²) >= 11 is 6.69. The Morgan fingerprint density at radius 2 is 2.00 bits per heavy atom. The Morgan fingerprint density at radius 1 is 1.31 bits per heavy atom. The molecule has 0 spiro atoms. The fraction of sp³-hybridized carbons (Fsp3) is 0.357. The molecule has 0 radical (unpaired) electrons. The molecule has 0 aliphatic heterocycles. The predicted molar refractivity (Wildman–Crippen MR) is 90.8 cm³/mol. The van der Waals surface area contributed by atoms with Crippen molar-refractivity contribution in [3.05, 3.63) is 33.7 Å². The SMILES string of the molecule is Nc1nc(S(=O)(=O)Oc2cc(C(F)(F)F)ccc2Cl)c(CCCCO)s1. The quantitative estimate of drug-likeness (QED) is 0.515. The number of hydrogen-bond acceptors (Lipinski definition) is 7. The van der Waals surface area contributed by atoms with Gasteiger partial charge < -0.3 is 15.0 Å². The van der Waals surface area contributed by atoms with Crippen LogP contribution in [0.25, 0.3) is 0 Å². The van der Waals surface area contributed by atoms with Crippen molar-refractivity contribution in [2.75, 3.05) is 12.3 Å². The first-order valence-electron chi connectivity index (χ1n) is 7.22. The normalized spacial score (nSPS) is 12.3. The van der Waals surface area contributed by atoms with Gasteiger partial charge >= 0.3 is 16.3 Å². The van der Waals surface area contributed by atoms with Crippen LogP contribution in [0.2, 0.25) is 5.02 Å². The number of aliphatic hydroxyl groups excluding tert-OH is 1. The smallest absolute Gasteiger partial charge is 0.396 e. The second-order valence-electron chi connectivity index (χ2n) is 5.14. The summed E-state index contributed by atoms with van der Waals surface area (Å²) in [5, 5.41) is 8.02. The molecule has 0 unspecified atom stereocenters. The van der Waals surface area contributed by atoms with E-state index < -0.39 is 32.6 Å². The summed E-state index contributed by atoms with van der Waals surface area (Å²) in [5.74, 6) is -0.658. The van der Waals surface area contributed by atoms with Crippen LogP contribution < -0.4 is 9.92 Å². The first-order chi connectivity index (χ1) is 12.0. The average molecular weight is 431 g/mol. The fourth-order valence-electron chi connectivity index (χ4n) is 2.01. The van der Waals surface area contributed by atoms with Crippen molar-refractivity contribution in [2.24, 2.45) is 0 Å². The molecule has 12 heteroatoms. The van der Waals surface area contributed by atoms with Gasteiger partial charge in [-0.2, -0.15) is 21.6 Å². The number of alkyl halides is 3. The van der Waals surface area contributed by atoms with Crippen molar-refractivity contribution < 1.29 is 30.9 Å². The molecule has 0 aliphatic carbocycles. The van der Waals surface area contributed by atoms with Crippen LogP contribution in [-0.4, -0.2) is 25.1 Å². The number of aromatic nitrogens is 1. The zero-order valence-electron chi connectivity index (χ0n) is 13.1. The zero-order chi connectivity index (χ0) is 19.5. The predicted octanol–water partition coefficient (Wildman–Crippen LogP) is 3.48. The molecule has 2 aromatic rings. The number of hydrogen-bond donors (Lipinski definition) is 2. The van der Waals surface area contributed by atoms with Crippen LogP contribution >= 0.6 is 22.9 Å². The standard InChI is InChI=1S/C14H14ClF3N2O4S2/c15-9-5-4-8(14(16,17)18)7-10(9)24-26(22,23)12-11(3-1-2-6-21)25-13(19)20-12/h4-5,7,21H,1-3,6H2,(H2,19,20). The lowest BCUT2D eigenvalue weighted by Crippen LogP contribution is -2.13. The van der Waals surface area contributed by atoms with E-state index >= 15 is 0 Å². The average Bonchev–Trinajstić information content (AvgIpc) is 2.90. The van der Waals surface area contributed by atoms with E-state index in [1.807, 2.05) is 0 Å². The highest BCUT2D eigenvalue weighted by atomic mass is 35.5. The van der Waals surface area contributed by atoms with E-state index in [4.69, 9.17) is 26.6 Å². The number of rotatable bonds is 7. The molecule has 0 saturated carbocycles. The lowest BCUT2D eigenvalue weighted by atomic mass is 10.2. The van der Waals surface area contributed by atoms with E-state index in [1.54, 1.807) is 0 Å². The molecule has 0 atom stereocenters. The number of aryl methyl sites for hydroxylation is 1. The van der Waals surface area contributed by atoms with Crippen molar-refractivity contribution in [1.29, 1.82) is 0 Å². The molecule has 0 fully saturated rings. The van der Waals surface area contributed by atoms with E-state index in [9.17, 15) is 21.6 Å². The summed E-state index contributed by atoms with van der Waals surface area (Å²) in [6, 6.07) is 2.11. The molecule has 0 amide bonds. The lowest BCUT2D eigenvalue weighted by molar-refractivity contribution is -0.137. The van der Waals surface area contributed by atoms with Crippen molar-refractivity contribution in [2.45, 2.75) is 30.5 Å². The van der Waals surface area contributed by atoms with Crippen molar-refractivity contribution in [3.63, 3.8) is 0 Å². The third kappa shape index (κ3) is 5.00. The molecule has 26 heavy (non-hydrogen) atoms. The van der Waals surface area contributed by atoms with Gasteiger partial charge in [-0.1, -0.05) is 11.6 Å². The van der Waals surface area contributed by atoms with Crippen LogP contribution in [-0.2, 0) is 22.7 Å². The van der Waals surface area contributed by atoms with Gasteiger partial charge in [0.25, 0.3) is 0 Å². The van der Waals surface area contributed by atoms with E-state index in [2.05, 4.69) is 4.98 Å². The van der Waals surface area contributed by atoms with E-state index in [0.29, 0.717) is 29.9 Å². The highest BCUT2D eigenvalue weighted by Gasteiger charge is 2.33. The number of anilines is 1. The Balaban J connectivity index is 2.35. The van der Waals surface area contributed by atoms with Gasteiger partial charge in [0.05, 0.1) is 10.6 Å². The summed E-state index contributed by atoms with van der Waals surface area (Å²) in [4.78, 5) is 4.00. The number of halogens is 4. The summed E-state index contributed by atoms with van der Waals surface area (Å²) in [6.45, 7) is -0.0628. The summed E-state index contributed by atoms with van der Waals surface area (Å²) in [6.07, 6.45) is -3.50. The fourth-order valence-corrected chi connectivity index (χ4v) is 4.51. The van der Waals surface area contributed by atoms with Crippen LogP contribution in [0.15, 0.2) is 23.2 Å². The molecule has 0 bridgehead atoms. The Labute approximate surface area is 156 Å². The lowest BCUT2D eigenvalue weighted by Gasteiger charge is -2.11. The molecule has 0 aliphatic rings. The molecule has 1 heterocycles. The van der Waals surface area contributed by atoms with E-state index in [0.717, 1.165) is 17.4 Å². The minimum absolute atomic E-state index is 0.0266. The van der Waals surface area contributed by atoms with Crippen molar-refractivity contribution in [1.82, 2.24) is 4.98 Å². The number of benzene rings is 1. The number of aliphatic hydroxyl groups is 1. The van der Waals surface area contributed by atoms with Crippen LogP contribution in [0.1, 0.15) is 23.3 Å². The number of nitrogen functional groups attached to an aromatic ring is 1. The number of nitrogens with two attached hydrogens (primary N) is 1. The third-order valence-electron chi connectivity index (χ3n) is 3.18. The molecule has 0 saturated heterocycles. The van der Waals surface area contributed by atoms with Gasteiger partial charge in [-0.05, 0) is 37.5 Å². The molecule has 2 rings (SSSR count). The highest BCUT2D eigenvalue weighted by molar-refractivity contribution is 7.87. The summed E-state index contributed by atoms with van der Waals surface area (Å²) in [5.41, 5.74) is 4.44. The minimum Gasteiger partial charge on any atom is -0.396 e. The molecular formula is C14H14ClF3N2O4S2. The second kappa shape index (κ2) is 7.99. The van der Waals surface area contributed by atoms with Crippen LogP contribution in [0.4, 0.5) is 18.3 Å². The summed E-state index contributed by atoms with van der Waals surface area (Å²) < 4.78 is 68.1. The maximum absolute atomic E-state index is 12.8. The largest absolute Gasteiger partial charge is 0.416 e. The molecule has 6 nitrogen and oxygen atoms in total. The Morgan fingerprint density at radius 3 is 2.62 bits per heavy atom. The molecule has 1 aromatic heterocycles. The van der Waals surface area contributed by atoms with Gasteiger partial charge in [-0.15, -0.1) is 11.3 Å². The molecule has 1 aromatic carbocycles. The van der Waals surface area contributed by atoms with E-state index in [-0.39, 0.29) is 23.2 Å². The first-order valence-corrected chi connectivity index (χ1v) is 9.82. The van der Waals surface area contributed by atoms with Gasteiger partial charge in [0.15, 0.2) is 10.9 Å². The second-order valence-corrected chi connectivity index (χ2v) is 8.13. The van der Waals surface area contributed by atoms with E-state index in [1.165, 1.54) is 0 Å². The highest BCUT2D eigenvalue weighted by Crippen LogP contribution is 2.36. The van der Waals surface area contributed by atoms with Crippen LogP contribution in [0.5, 0.6) is 5.75 Å². The van der Waals surface area contributed by atoms with Gasteiger partial charge in [0.2, 0.25) is 5.03 Å². The maximum atomic E-state index is 12.8. The Kier molecular flexibility index (Phi) is 6.37. The Bertz CT molecular complexity index is 885. The number of nitrogens with zero attached hydrogens (tertiary/aromatic N) is 1. The maximum Gasteiger partial charge on any atom is 0.416 e. The summed E-state index contributed by atoms with van der Waals surface area (Å²) in [7, 11) is -4.54. The first kappa shape index (κ1) is 20.7. The van der Waals surface area contributed by atoms with Gasteiger partial charge in [-0.3, -0.25) is 0 Å². The molecular weight excluding hydrogens is 417 g/mol. The third-order valence-corrected chi connectivity index (χ3v) is 5.78. The number of unbranched alkanes of at least 4 members (excludes halogenated alkanes) is 1. The topological polar surface area (TPSA) is 103 Å². The van der Waals surface area contributed by atoms with Gasteiger partial charge in [0, 0.05) is 11.5 Å². The van der Waals surface area contributed by atoms with Gasteiger partial charge in [0.1, 0.15) is 0 Å². The molecule has 144 valence electrons. The van der Waals surface area contributed by atoms with Crippen molar-refractivity contribution in [3.8, 4) is 5.75 Å². The van der Waals surface area contributed by atoms with Crippen LogP contribution in [0.3, 0.4) is 0 Å². The van der Waals surface area contributed by atoms with Crippen LogP contribution in [0, 0.1) is 0 Å². The number of thiazole rings is 1. The minimum atomic E-state index is -4.69. The Hall–Kier alpha value is -1.56. The van der Waals surface area contributed by atoms with Crippen molar-refractivity contribution >= 4 is 38.2 Å².